The van der Waals surface area contributed by atoms with Crippen LogP contribution in [0.2, 0.25) is 0 Å². The number of Topliss-reactive ketones (excluding diaryl/α,β-unsaturated/α-hetero) is 1. The number of anilines is 1. The second kappa shape index (κ2) is 6.08. The van der Waals surface area contributed by atoms with Crippen molar-refractivity contribution in [2.75, 3.05) is 4.90 Å². The quantitative estimate of drug-likeness (QED) is 0.939. The van der Waals surface area contributed by atoms with Crippen molar-refractivity contribution in [2.24, 2.45) is 0 Å². The van der Waals surface area contributed by atoms with Crippen molar-refractivity contribution in [2.45, 2.75) is 19.4 Å². The van der Waals surface area contributed by atoms with E-state index < -0.39 is 17.7 Å². The number of carbonyl (C=O) groups is 2. The Morgan fingerprint density at radius 1 is 1.04 bits per heavy atom. The summed E-state index contributed by atoms with van der Waals surface area (Å²) in [6.07, 6.45) is 0.235. The lowest BCUT2D eigenvalue weighted by molar-refractivity contribution is -0.118. The summed E-state index contributed by atoms with van der Waals surface area (Å²) in [5, 5.41) is 10.3. The van der Waals surface area contributed by atoms with Crippen molar-refractivity contribution >= 4 is 17.4 Å². The summed E-state index contributed by atoms with van der Waals surface area (Å²) in [6, 6.07) is 17.8. The molecule has 4 heteroatoms. The van der Waals surface area contributed by atoms with Gasteiger partial charge in [-0.2, -0.15) is 0 Å². The van der Waals surface area contributed by atoms with Crippen LogP contribution >= 0.6 is 0 Å². The van der Waals surface area contributed by atoms with Gasteiger partial charge >= 0.3 is 0 Å². The van der Waals surface area contributed by atoms with E-state index in [2.05, 4.69) is 0 Å². The first-order valence-electron chi connectivity index (χ1n) is 7.55. The number of carbonyl (C=O) groups excluding carboxylic acids is 2. The molecule has 4 nitrogen and oxygen atoms in total. The van der Waals surface area contributed by atoms with E-state index in [0.29, 0.717) is 5.69 Å². The maximum Gasteiger partial charge on any atom is 0.294 e. The number of amides is 1. The molecule has 0 saturated carbocycles. The minimum absolute atomic E-state index is 0.174. The highest BCUT2D eigenvalue weighted by molar-refractivity contribution is 6.16. The number of aliphatic hydroxyl groups excluding tert-OH is 1. The normalized spacial score (nSPS) is 17.7. The Bertz CT molecular complexity index is 766. The molecule has 2 aromatic carbocycles. The number of hydrogen-bond acceptors (Lipinski definition) is 3. The number of hydrogen-bond donors (Lipinski definition) is 1. The molecule has 1 atom stereocenters. The fourth-order valence-electron chi connectivity index (χ4n) is 2.89. The van der Waals surface area contributed by atoms with Gasteiger partial charge in [0.1, 0.15) is 0 Å². The Labute approximate surface area is 134 Å². The van der Waals surface area contributed by atoms with Crippen LogP contribution in [0.3, 0.4) is 0 Å². The number of para-hydroxylation sites is 1. The zero-order chi connectivity index (χ0) is 16.4. The number of rotatable bonds is 4. The molecule has 3 rings (SSSR count). The fraction of sp³-hybridized carbons (Fsp3) is 0.158. The van der Waals surface area contributed by atoms with Gasteiger partial charge in [0.15, 0.2) is 11.5 Å². The largest absolute Gasteiger partial charge is 0.503 e. The Morgan fingerprint density at radius 3 is 2.17 bits per heavy atom. The number of aliphatic hydroxyl groups is 1. The third kappa shape index (κ3) is 2.52. The summed E-state index contributed by atoms with van der Waals surface area (Å²) < 4.78 is 0. The Morgan fingerprint density at radius 2 is 1.61 bits per heavy atom. The summed E-state index contributed by atoms with van der Waals surface area (Å²) in [4.78, 5) is 26.4. The molecular formula is C19H17NO3. The molecule has 0 fully saturated rings. The zero-order valence-corrected chi connectivity index (χ0v) is 12.8. The molecule has 1 amide bonds. The average Bonchev–Trinajstić information content (AvgIpc) is 2.87. The van der Waals surface area contributed by atoms with E-state index in [1.54, 1.807) is 19.1 Å². The number of nitrogens with zero attached hydrogens (tertiary/aromatic N) is 1. The van der Waals surface area contributed by atoms with Gasteiger partial charge in [-0.1, -0.05) is 55.5 Å². The number of benzene rings is 2. The van der Waals surface area contributed by atoms with Gasteiger partial charge in [0.25, 0.3) is 5.91 Å². The van der Waals surface area contributed by atoms with Gasteiger partial charge in [0.2, 0.25) is 0 Å². The molecule has 1 aliphatic heterocycles. The lowest BCUT2D eigenvalue weighted by Crippen LogP contribution is -2.30. The minimum atomic E-state index is -0.599. The molecule has 1 N–H and O–H groups in total. The molecule has 0 aliphatic carbocycles. The highest BCUT2D eigenvalue weighted by Gasteiger charge is 2.43. The van der Waals surface area contributed by atoms with E-state index in [4.69, 9.17) is 0 Å². The maximum atomic E-state index is 12.6. The first kappa shape index (κ1) is 15.0. The van der Waals surface area contributed by atoms with Crippen LogP contribution in [0.25, 0.3) is 0 Å². The third-order valence-electron chi connectivity index (χ3n) is 3.98. The van der Waals surface area contributed by atoms with Crippen molar-refractivity contribution < 1.29 is 14.7 Å². The highest BCUT2D eigenvalue weighted by Crippen LogP contribution is 2.40. The molecule has 0 saturated heterocycles. The van der Waals surface area contributed by atoms with E-state index in [-0.39, 0.29) is 17.8 Å². The van der Waals surface area contributed by atoms with Crippen molar-refractivity contribution in [1.82, 2.24) is 0 Å². The van der Waals surface area contributed by atoms with Crippen molar-refractivity contribution in [1.29, 1.82) is 0 Å². The molecule has 1 aliphatic rings. The van der Waals surface area contributed by atoms with Gasteiger partial charge in [-0.25, -0.2) is 0 Å². The lowest BCUT2D eigenvalue weighted by Gasteiger charge is -2.26. The van der Waals surface area contributed by atoms with E-state index >= 15 is 0 Å². The van der Waals surface area contributed by atoms with Gasteiger partial charge in [-0.05, 0) is 17.7 Å². The lowest BCUT2D eigenvalue weighted by atomic mass is 9.95. The molecule has 0 bridgehead atoms. The first-order chi connectivity index (χ1) is 11.1. The second-order valence-electron chi connectivity index (χ2n) is 5.36. The summed E-state index contributed by atoms with van der Waals surface area (Å²) >= 11 is 0. The predicted molar refractivity (Wildman–Crippen MR) is 88.1 cm³/mol. The van der Waals surface area contributed by atoms with Gasteiger partial charge in [-0.15, -0.1) is 0 Å². The summed E-state index contributed by atoms with van der Waals surface area (Å²) in [6.45, 7) is 1.72. The van der Waals surface area contributed by atoms with Crippen LogP contribution < -0.4 is 4.90 Å². The Balaban J connectivity index is 2.17. The van der Waals surface area contributed by atoms with Gasteiger partial charge in [0.05, 0.1) is 11.6 Å². The smallest absolute Gasteiger partial charge is 0.294 e. The van der Waals surface area contributed by atoms with E-state index in [9.17, 15) is 14.7 Å². The van der Waals surface area contributed by atoms with Crippen molar-refractivity contribution in [3.63, 3.8) is 0 Å². The molecular weight excluding hydrogens is 290 g/mol. The van der Waals surface area contributed by atoms with Crippen LogP contribution in [0.15, 0.2) is 72.0 Å². The van der Waals surface area contributed by atoms with E-state index in [0.717, 1.165) is 5.56 Å². The van der Waals surface area contributed by atoms with Crippen LogP contribution in [-0.2, 0) is 9.59 Å². The standard InChI is InChI=1S/C19H17NO3/c1-2-15(21)16-17(13-9-5-3-6-10-13)20(19(23)18(16)22)14-11-7-4-8-12-14/h3-12,17,22H,2H2,1H3. The molecule has 0 aromatic heterocycles. The minimum Gasteiger partial charge on any atom is -0.503 e. The second-order valence-corrected chi connectivity index (χ2v) is 5.36. The summed E-state index contributed by atoms with van der Waals surface area (Å²) in [5.41, 5.74) is 1.62. The van der Waals surface area contributed by atoms with E-state index in [1.165, 1.54) is 4.90 Å². The monoisotopic (exact) mass is 307 g/mol. The topological polar surface area (TPSA) is 57.6 Å². The SMILES string of the molecule is CCC(=O)C1=C(O)C(=O)N(c2ccccc2)C1c1ccccc1. The van der Waals surface area contributed by atoms with Crippen molar-refractivity contribution in [3.05, 3.63) is 77.6 Å². The molecule has 1 heterocycles. The van der Waals surface area contributed by atoms with Crippen LogP contribution in [0.4, 0.5) is 5.69 Å². The Kier molecular flexibility index (Phi) is 3.98. The van der Waals surface area contributed by atoms with E-state index in [1.807, 2.05) is 48.5 Å². The molecule has 23 heavy (non-hydrogen) atoms. The van der Waals surface area contributed by atoms with Gasteiger partial charge in [-0.3, -0.25) is 14.5 Å². The van der Waals surface area contributed by atoms with Crippen LogP contribution in [0.1, 0.15) is 24.9 Å². The summed E-state index contributed by atoms with van der Waals surface area (Å²) in [5.74, 6) is -1.21. The summed E-state index contributed by atoms with van der Waals surface area (Å²) in [7, 11) is 0. The van der Waals surface area contributed by atoms with Crippen LogP contribution in [0.5, 0.6) is 0 Å². The maximum absolute atomic E-state index is 12.6. The van der Waals surface area contributed by atoms with Gasteiger partial charge in [0, 0.05) is 12.1 Å². The van der Waals surface area contributed by atoms with Crippen molar-refractivity contribution in [3.8, 4) is 0 Å². The number of ketones is 1. The average molecular weight is 307 g/mol. The first-order valence-corrected chi connectivity index (χ1v) is 7.55. The molecule has 0 radical (unpaired) electrons. The molecule has 116 valence electrons. The molecule has 0 spiro atoms. The zero-order valence-electron chi connectivity index (χ0n) is 12.8. The molecule has 1 unspecified atom stereocenters. The fourth-order valence-corrected chi connectivity index (χ4v) is 2.89. The van der Waals surface area contributed by atoms with Gasteiger partial charge < -0.3 is 5.11 Å². The predicted octanol–water partition coefficient (Wildman–Crippen LogP) is 3.57. The molecule has 2 aromatic rings. The van der Waals surface area contributed by atoms with Crippen LogP contribution in [0, 0.1) is 0 Å². The third-order valence-corrected chi connectivity index (χ3v) is 3.98. The Hall–Kier alpha value is -2.88. The van der Waals surface area contributed by atoms with Crippen LogP contribution in [-0.4, -0.2) is 16.8 Å². The highest BCUT2D eigenvalue weighted by atomic mass is 16.3.